The highest BCUT2D eigenvalue weighted by atomic mass is 16.5. The van der Waals surface area contributed by atoms with Crippen molar-refractivity contribution in [1.82, 2.24) is 15.4 Å². The smallest absolute Gasteiger partial charge is 0.127 e. The molecule has 3 N–H and O–H groups in total. The molecule has 1 aromatic carbocycles. The Labute approximate surface area is 118 Å². The van der Waals surface area contributed by atoms with Gasteiger partial charge in [0, 0.05) is 11.8 Å². The molecule has 5 heteroatoms. The zero-order valence-electron chi connectivity index (χ0n) is 11.5. The number of fused-ring (bicyclic) bond motifs is 1. The average Bonchev–Trinajstić information content (AvgIpc) is 2.48. The highest BCUT2D eigenvalue weighted by Crippen LogP contribution is 2.34. The zero-order valence-corrected chi connectivity index (χ0v) is 11.5. The predicted molar refractivity (Wildman–Crippen MR) is 76.2 cm³/mol. The van der Waals surface area contributed by atoms with Gasteiger partial charge in [0.15, 0.2) is 0 Å². The first-order chi connectivity index (χ1) is 9.79. The number of nitrogens with one attached hydrogen (secondary N) is 1. The SMILES string of the molecule is Cc1nccc(C(NN)c2cccc3c2OCCC3)n1. The molecule has 1 unspecified atom stereocenters. The molecule has 0 radical (unpaired) electrons. The highest BCUT2D eigenvalue weighted by Gasteiger charge is 2.22. The Bertz CT molecular complexity index is 615. The maximum atomic E-state index is 5.85. The summed E-state index contributed by atoms with van der Waals surface area (Å²) in [4.78, 5) is 8.59. The minimum absolute atomic E-state index is 0.190. The third kappa shape index (κ3) is 2.37. The third-order valence-corrected chi connectivity index (χ3v) is 3.53. The minimum Gasteiger partial charge on any atom is -0.493 e. The van der Waals surface area contributed by atoms with Crippen LogP contribution in [0.15, 0.2) is 30.5 Å². The first kappa shape index (κ1) is 13.0. The molecule has 1 aliphatic heterocycles. The van der Waals surface area contributed by atoms with Gasteiger partial charge in [0.05, 0.1) is 18.3 Å². The standard InChI is InChI=1S/C15H18N4O/c1-10-17-8-7-13(18-10)14(19-16)12-6-2-4-11-5-3-9-20-15(11)12/h2,4,6-8,14,19H,3,5,9,16H2,1H3. The number of benzene rings is 1. The summed E-state index contributed by atoms with van der Waals surface area (Å²) in [5.41, 5.74) is 5.96. The number of hydrogen-bond acceptors (Lipinski definition) is 5. The van der Waals surface area contributed by atoms with Crippen LogP contribution < -0.4 is 16.0 Å². The maximum Gasteiger partial charge on any atom is 0.127 e. The Kier molecular flexibility index (Phi) is 3.62. The second-order valence-corrected chi connectivity index (χ2v) is 4.92. The summed E-state index contributed by atoms with van der Waals surface area (Å²) in [6.07, 6.45) is 3.85. The predicted octanol–water partition coefficient (Wildman–Crippen LogP) is 1.66. The van der Waals surface area contributed by atoms with Crippen LogP contribution in [-0.4, -0.2) is 16.6 Å². The van der Waals surface area contributed by atoms with E-state index < -0.39 is 0 Å². The van der Waals surface area contributed by atoms with Gasteiger partial charge < -0.3 is 4.74 Å². The second-order valence-electron chi connectivity index (χ2n) is 4.92. The number of ether oxygens (including phenoxy) is 1. The van der Waals surface area contributed by atoms with Crippen LogP contribution in [0.4, 0.5) is 0 Å². The van der Waals surface area contributed by atoms with Crippen molar-refractivity contribution in [2.24, 2.45) is 5.84 Å². The van der Waals surface area contributed by atoms with Gasteiger partial charge in [-0.3, -0.25) is 5.84 Å². The van der Waals surface area contributed by atoms with E-state index >= 15 is 0 Å². The van der Waals surface area contributed by atoms with E-state index in [1.807, 2.05) is 25.1 Å². The van der Waals surface area contributed by atoms with Crippen LogP contribution in [0.3, 0.4) is 0 Å². The first-order valence-corrected chi connectivity index (χ1v) is 6.80. The van der Waals surface area contributed by atoms with Gasteiger partial charge in [0.1, 0.15) is 11.6 Å². The quantitative estimate of drug-likeness (QED) is 0.655. The maximum absolute atomic E-state index is 5.85. The Balaban J connectivity index is 2.06. The molecule has 0 spiro atoms. The van der Waals surface area contributed by atoms with Crippen molar-refractivity contribution in [1.29, 1.82) is 0 Å². The van der Waals surface area contributed by atoms with Gasteiger partial charge in [-0.15, -0.1) is 0 Å². The lowest BCUT2D eigenvalue weighted by atomic mass is 9.96. The summed E-state index contributed by atoms with van der Waals surface area (Å²) in [6.45, 7) is 2.62. The summed E-state index contributed by atoms with van der Waals surface area (Å²) < 4.78 is 5.85. The van der Waals surface area contributed by atoms with Gasteiger partial charge in [0.25, 0.3) is 0 Å². The van der Waals surface area contributed by atoms with E-state index in [0.717, 1.165) is 42.3 Å². The number of rotatable bonds is 3. The Morgan fingerprint density at radius 2 is 2.25 bits per heavy atom. The lowest BCUT2D eigenvalue weighted by molar-refractivity contribution is 0.283. The van der Waals surface area contributed by atoms with E-state index in [4.69, 9.17) is 10.6 Å². The van der Waals surface area contributed by atoms with Crippen LogP contribution in [-0.2, 0) is 6.42 Å². The fraction of sp³-hybridized carbons (Fsp3) is 0.333. The number of nitrogens with two attached hydrogens (primary N) is 1. The molecule has 0 fully saturated rings. The number of hydrogen-bond donors (Lipinski definition) is 2. The van der Waals surface area contributed by atoms with E-state index in [0.29, 0.717) is 0 Å². The molecule has 0 saturated carbocycles. The Morgan fingerprint density at radius 3 is 3.05 bits per heavy atom. The normalized spacial score (nSPS) is 15.3. The summed E-state index contributed by atoms with van der Waals surface area (Å²) in [6, 6.07) is 7.87. The monoisotopic (exact) mass is 270 g/mol. The van der Waals surface area contributed by atoms with Gasteiger partial charge in [0.2, 0.25) is 0 Å². The fourth-order valence-corrected chi connectivity index (χ4v) is 2.61. The van der Waals surface area contributed by atoms with Crippen molar-refractivity contribution >= 4 is 0 Å². The number of aromatic nitrogens is 2. The summed E-state index contributed by atoms with van der Waals surface area (Å²) in [5.74, 6) is 7.43. The molecule has 1 atom stereocenters. The minimum atomic E-state index is -0.190. The lowest BCUT2D eigenvalue weighted by Gasteiger charge is -2.24. The largest absolute Gasteiger partial charge is 0.493 e. The van der Waals surface area contributed by atoms with Crippen molar-refractivity contribution in [3.05, 3.63) is 53.1 Å². The van der Waals surface area contributed by atoms with Crippen LogP contribution in [0.2, 0.25) is 0 Å². The van der Waals surface area contributed by atoms with Crippen LogP contribution in [0, 0.1) is 6.92 Å². The molecule has 0 saturated heterocycles. The average molecular weight is 270 g/mol. The molecule has 20 heavy (non-hydrogen) atoms. The number of nitrogens with zero attached hydrogens (tertiary/aromatic N) is 2. The van der Waals surface area contributed by atoms with Gasteiger partial charge in [-0.2, -0.15) is 0 Å². The van der Waals surface area contributed by atoms with E-state index in [1.54, 1.807) is 6.20 Å². The van der Waals surface area contributed by atoms with Crippen molar-refractivity contribution in [2.45, 2.75) is 25.8 Å². The van der Waals surface area contributed by atoms with Gasteiger partial charge in [-0.05, 0) is 31.4 Å². The molecule has 1 aromatic heterocycles. The second kappa shape index (κ2) is 5.56. The molecule has 3 rings (SSSR count). The molecule has 104 valence electrons. The number of aryl methyl sites for hydroxylation is 2. The van der Waals surface area contributed by atoms with E-state index in [2.05, 4.69) is 21.5 Å². The summed E-state index contributed by atoms with van der Waals surface area (Å²) in [7, 11) is 0. The third-order valence-electron chi connectivity index (χ3n) is 3.53. The molecule has 0 bridgehead atoms. The van der Waals surface area contributed by atoms with E-state index in [9.17, 15) is 0 Å². The first-order valence-electron chi connectivity index (χ1n) is 6.80. The van der Waals surface area contributed by atoms with Gasteiger partial charge in [-0.25, -0.2) is 15.4 Å². The number of hydrazine groups is 1. The Morgan fingerprint density at radius 1 is 1.35 bits per heavy atom. The molecular formula is C15H18N4O. The summed E-state index contributed by atoms with van der Waals surface area (Å²) >= 11 is 0. The van der Waals surface area contributed by atoms with Crippen LogP contribution in [0.25, 0.3) is 0 Å². The lowest BCUT2D eigenvalue weighted by Crippen LogP contribution is -2.30. The van der Waals surface area contributed by atoms with Crippen molar-refractivity contribution in [3.63, 3.8) is 0 Å². The van der Waals surface area contributed by atoms with Gasteiger partial charge in [-0.1, -0.05) is 18.2 Å². The molecule has 0 amide bonds. The summed E-state index contributed by atoms with van der Waals surface area (Å²) in [5, 5.41) is 0. The van der Waals surface area contributed by atoms with Crippen LogP contribution in [0.5, 0.6) is 5.75 Å². The van der Waals surface area contributed by atoms with E-state index in [-0.39, 0.29) is 6.04 Å². The molecule has 2 aromatic rings. The highest BCUT2D eigenvalue weighted by molar-refractivity contribution is 5.46. The van der Waals surface area contributed by atoms with Crippen molar-refractivity contribution in [3.8, 4) is 5.75 Å². The van der Waals surface area contributed by atoms with E-state index in [1.165, 1.54) is 5.56 Å². The van der Waals surface area contributed by atoms with Crippen LogP contribution >= 0.6 is 0 Å². The Hall–Kier alpha value is -1.98. The molecule has 2 heterocycles. The molecule has 5 nitrogen and oxygen atoms in total. The fourth-order valence-electron chi connectivity index (χ4n) is 2.61. The molecule has 1 aliphatic rings. The van der Waals surface area contributed by atoms with Crippen LogP contribution in [0.1, 0.15) is 35.1 Å². The molecule has 0 aliphatic carbocycles. The van der Waals surface area contributed by atoms with Gasteiger partial charge >= 0.3 is 0 Å². The van der Waals surface area contributed by atoms with Crippen molar-refractivity contribution in [2.75, 3.05) is 6.61 Å². The molecular weight excluding hydrogens is 252 g/mol. The topological polar surface area (TPSA) is 73.1 Å². The number of para-hydroxylation sites is 1. The zero-order chi connectivity index (χ0) is 13.9. The van der Waals surface area contributed by atoms with Crippen molar-refractivity contribution < 1.29 is 4.74 Å².